The molecule has 0 fully saturated rings. The molecule has 4 nitrogen and oxygen atoms in total. The van der Waals surface area contributed by atoms with E-state index in [0.29, 0.717) is 17.2 Å². The third kappa shape index (κ3) is 4.61. The largest absolute Gasteiger partial charge is 0.465 e. The fourth-order valence-electron chi connectivity index (χ4n) is 1.61. The molecule has 2 aromatic rings. The van der Waals surface area contributed by atoms with Crippen LogP contribution in [0.2, 0.25) is 5.02 Å². The van der Waals surface area contributed by atoms with Crippen LogP contribution in [0.15, 0.2) is 53.7 Å². The van der Waals surface area contributed by atoms with Gasteiger partial charge in [-0.1, -0.05) is 41.0 Å². The van der Waals surface area contributed by atoms with Crippen molar-refractivity contribution in [3.05, 3.63) is 70.2 Å². The molecule has 0 aliphatic heterocycles. The molecule has 0 radical (unpaired) electrons. The van der Waals surface area contributed by atoms with Crippen LogP contribution in [-0.4, -0.2) is 19.3 Å². The molecule has 2 rings (SSSR count). The van der Waals surface area contributed by atoms with Crippen molar-refractivity contribution in [2.24, 2.45) is 5.16 Å². The topological polar surface area (TPSA) is 47.9 Å². The second-order valence-electron chi connectivity index (χ2n) is 4.25. The molecule has 0 N–H and O–H groups in total. The van der Waals surface area contributed by atoms with Crippen LogP contribution < -0.4 is 0 Å². The van der Waals surface area contributed by atoms with Gasteiger partial charge in [0.2, 0.25) is 0 Å². The first-order valence-electron chi connectivity index (χ1n) is 6.27. The molecule has 0 aliphatic carbocycles. The smallest absolute Gasteiger partial charge is 0.337 e. The lowest BCUT2D eigenvalue weighted by Gasteiger charge is -2.02. The summed E-state index contributed by atoms with van der Waals surface area (Å²) in [7, 11) is 1.35. The summed E-state index contributed by atoms with van der Waals surface area (Å²) in [6.45, 7) is 0.325. The summed E-state index contributed by atoms with van der Waals surface area (Å²) in [5.74, 6) is -0.358. The van der Waals surface area contributed by atoms with Crippen molar-refractivity contribution >= 4 is 23.8 Å². The number of hydrogen-bond acceptors (Lipinski definition) is 4. The number of carbonyl (C=O) groups excluding carboxylic acids is 1. The second kappa shape index (κ2) is 7.45. The molecule has 0 amide bonds. The van der Waals surface area contributed by atoms with Crippen LogP contribution in [-0.2, 0) is 16.2 Å². The third-order valence-electron chi connectivity index (χ3n) is 2.75. The van der Waals surface area contributed by atoms with E-state index in [0.717, 1.165) is 11.1 Å². The normalized spacial score (nSPS) is 10.6. The predicted molar refractivity (Wildman–Crippen MR) is 81.6 cm³/mol. The Bertz CT molecular complexity index is 621. The highest BCUT2D eigenvalue weighted by Gasteiger charge is 2.04. The summed E-state index contributed by atoms with van der Waals surface area (Å²) in [6, 6.07) is 14.2. The number of rotatable bonds is 5. The number of carbonyl (C=O) groups is 1. The van der Waals surface area contributed by atoms with Gasteiger partial charge >= 0.3 is 5.97 Å². The minimum absolute atomic E-state index is 0.325. The second-order valence-corrected chi connectivity index (χ2v) is 4.68. The van der Waals surface area contributed by atoms with Gasteiger partial charge in [-0.3, -0.25) is 0 Å². The summed E-state index contributed by atoms with van der Waals surface area (Å²) >= 11 is 5.79. The number of esters is 1. The number of methoxy groups -OCH3 is 1. The zero-order valence-corrected chi connectivity index (χ0v) is 12.2. The monoisotopic (exact) mass is 303 g/mol. The summed E-state index contributed by atoms with van der Waals surface area (Å²) in [5.41, 5.74) is 2.32. The van der Waals surface area contributed by atoms with E-state index in [4.69, 9.17) is 16.4 Å². The third-order valence-corrected chi connectivity index (χ3v) is 3.00. The average molecular weight is 304 g/mol. The molecule has 0 bridgehead atoms. The van der Waals surface area contributed by atoms with Crippen LogP contribution in [0.4, 0.5) is 0 Å². The molecule has 0 atom stereocenters. The molecular weight excluding hydrogens is 290 g/mol. The molecule has 0 aromatic heterocycles. The average Bonchev–Trinajstić information content (AvgIpc) is 2.53. The number of benzene rings is 2. The van der Waals surface area contributed by atoms with Gasteiger partial charge in [-0.15, -0.1) is 0 Å². The van der Waals surface area contributed by atoms with E-state index in [1.54, 1.807) is 42.6 Å². The van der Waals surface area contributed by atoms with E-state index < -0.39 is 0 Å². The molecule has 0 unspecified atom stereocenters. The number of halogens is 1. The molecule has 0 saturated heterocycles. The van der Waals surface area contributed by atoms with Crippen molar-refractivity contribution in [1.82, 2.24) is 0 Å². The first kappa shape index (κ1) is 15.1. The Kier molecular flexibility index (Phi) is 5.35. The van der Waals surface area contributed by atoms with Gasteiger partial charge in [0, 0.05) is 5.02 Å². The first-order chi connectivity index (χ1) is 10.2. The highest BCUT2D eigenvalue weighted by atomic mass is 35.5. The summed E-state index contributed by atoms with van der Waals surface area (Å²) in [6.07, 6.45) is 1.61. The van der Waals surface area contributed by atoms with Crippen LogP contribution in [0.5, 0.6) is 0 Å². The summed E-state index contributed by atoms with van der Waals surface area (Å²) in [4.78, 5) is 16.5. The van der Waals surface area contributed by atoms with Crippen LogP contribution >= 0.6 is 11.6 Å². The first-order valence-corrected chi connectivity index (χ1v) is 6.65. The van der Waals surface area contributed by atoms with Gasteiger partial charge in [-0.2, -0.15) is 0 Å². The minimum Gasteiger partial charge on any atom is -0.465 e. The van der Waals surface area contributed by atoms with E-state index in [-0.39, 0.29) is 5.97 Å². The van der Waals surface area contributed by atoms with Crippen molar-refractivity contribution in [3.8, 4) is 0 Å². The van der Waals surface area contributed by atoms with Gasteiger partial charge in [0.05, 0.1) is 18.9 Å². The summed E-state index contributed by atoms with van der Waals surface area (Å²) in [5, 5.41) is 4.56. The van der Waals surface area contributed by atoms with Gasteiger partial charge in [-0.05, 0) is 35.4 Å². The lowest BCUT2D eigenvalue weighted by Crippen LogP contribution is -2.00. The maximum absolute atomic E-state index is 11.3. The van der Waals surface area contributed by atoms with Crippen molar-refractivity contribution in [1.29, 1.82) is 0 Å². The van der Waals surface area contributed by atoms with Gasteiger partial charge < -0.3 is 9.57 Å². The zero-order valence-electron chi connectivity index (χ0n) is 11.5. The summed E-state index contributed by atoms with van der Waals surface area (Å²) < 4.78 is 4.63. The Morgan fingerprint density at radius 2 is 1.81 bits per heavy atom. The quantitative estimate of drug-likeness (QED) is 0.481. The number of ether oxygens (including phenoxy) is 1. The zero-order chi connectivity index (χ0) is 15.1. The molecule has 2 aromatic carbocycles. The predicted octanol–water partition coefficient (Wildman–Crippen LogP) is 3.68. The molecule has 5 heteroatoms. The standard InChI is InChI=1S/C16H14ClNO3/c1-20-16(19)14-6-2-13(3-7-14)11-21-18-10-12-4-8-15(17)9-5-12/h2-10H,11H2,1H3/b18-10-. The maximum Gasteiger partial charge on any atom is 0.337 e. The fourth-order valence-corrected chi connectivity index (χ4v) is 1.74. The van der Waals surface area contributed by atoms with Crippen molar-refractivity contribution in [3.63, 3.8) is 0 Å². The Labute approximate surface area is 127 Å². The van der Waals surface area contributed by atoms with Crippen molar-refractivity contribution in [2.45, 2.75) is 6.61 Å². The van der Waals surface area contributed by atoms with Gasteiger partial charge in [-0.25, -0.2) is 4.79 Å². The van der Waals surface area contributed by atoms with Crippen molar-refractivity contribution < 1.29 is 14.4 Å². The minimum atomic E-state index is -0.358. The van der Waals surface area contributed by atoms with E-state index in [9.17, 15) is 4.79 Å². The van der Waals surface area contributed by atoms with Crippen LogP contribution in [0.3, 0.4) is 0 Å². The van der Waals surface area contributed by atoms with Crippen LogP contribution in [0, 0.1) is 0 Å². The lowest BCUT2D eigenvalue weighted by atomic mass is 10.1. The SMILES string of the molecule is COC(=O)c1ccc(CO/N=C\c2ccc(Cl)cc2)cc1. The Morgan fingerprint density at radius 1 is 1.14 bits per heavy atom. The molecule has 0 aliphatic rings. The molecule has 21 heavy (non-hydrogen) atoms. The van der Waals surface area contributed by atoms with Crippen LogP contribution in [0.1, 0.15) is 21.5 Å². The van der Waals surface area contributed by atoms with Gasteiger partial charge in [0.1, 0.15) is 6.61 Å². The highest BCUT2D eigenvalue weighted by Crippen LogP contribution is 2.09. The molecular formula is C16H14ClNO3. The van der Waals surface area contributed by atoms with Crippen LogP contribution in [0.25, 0.3) is 0 Å². The highest BCUT2D eigenvalue weighted by molar-refractivity contribution is 6.30. The Hall–Kier alpha value is -2.33. The molecule has 0 heterocycles. The van der Waals surface area contributed by atoms with E-state index in [1.807, 2.05) is 12.1 Å². The van der Waals surface area contributed by atoms with Gasteiger partial charge in [0.15, 0.2) is 0 Å². The van der Waals surface area contributed by atoms with E-state index >= 15 is 0 Å². The van der Waals surface area contributed by atoms with Crippen molar-refractivity contribution in [2.75, 3.05) is 7.11 Å². The van der Waals surface area contributed by atoms with E-state index in [2.05, 4.69) is 9.89 Å². The van der Waals surface area contributed by atoms with Gasteiger partial charge in [0.25, 0.3) is 0 Å². The Balaban J connectivity index is 1.85. The lowest BCUT2D eigenvalue weighted by molar-refractivity contribution is 0.0600. The van der Waals surface area contributed by atoms with E-state index in [1.165, 1.54) is 7.11 Å². The number of hydrogen-bond donors (Lipinski definition) is 0. The number of nitrogens with zero attached hydrogens (tertiary/aromatic N) is 1. The maximum atomic E-state index is 11.3. The number of oxime groups is 1. The Morgan fingerprint density at radius 3 is 2.43 bits per heavy atom. The molecule has 0 saturated carbocycles. The molecule has 0 spiro atoms. The fraction of sp³-hybridized carbons (Fsp3) is 0.125. The molecule has 108 valence electrons.